The van der Waals surface area contributed by atoms with Crippen LogP contribution in [0, 0.1) is 23.4 Å². The van der Waals surface area contributed by atoms with Gasteiger partial charge in [0, 0.05) is 11.6 Å². The Kier molecular flexibility index (Phi) is 4.82. The van der Waals surface area contributed by atoms with Crippen LogP contribution in [-0.2, 0) is 0 Å². The lowest BCUT2D eigenvalue weighted by Crippen LogP contribution is -2.29. The van der Waals surface area contributed by atoms with Gasteiger partial charge in [-0.3, -0.25) is 11.3 Å². The third-order valence-electron chi connectivity index (χ3n) is 3.98. The molecule has 2 rings (SSSR count). The highest BCUT2D eigenvalue weighted by molar-refractivity contribution is 5.23. The van der Waals surface area contributed by atoms with Crippen LogP contribution >= 0.6 is 0 Å². The van der Waals surface area contributed by atoms with Gasteiger partial charge < -0.3 is 0 Å². The van der Waals surface area contributed by atoms with Gasteiger partial charge in [0.1, 0.15) is 0 Å². The topological polar surface area (TPSA) is 38.0 Å². The number of hydrazine groups is 1. The molecule has 5 heteroatoms. The van der Waals surface area contributed by atoms with Gasteiger partial charge in [-0.15, -0.1) is 0 Å². The summed E-state index contributed by atoms with van der Waals surface area (Å²) >= 11 is 0. The van der Waals surface area contributed by atoms with E-state index in [2.05, 4.69) is 5.43 Å². The Bertz CT molecular complexity index is 431. The van der Waals surface area contributed by atoms with E-state index in [4.69, 9.17) is 5.84 Å². The average molecular weight is 272 g/mol. The molecule has 1 fully saturated rings. The summed E-state index contributed by atoms with van der Waals surface area (Å²) in [5.74, 6) is 2.31. The Hall–Kier alpha value is -1.07. The van der Waals surface area contributed by atoms with Crippen LogP contribution in [0.25, 0.3) is 0 Å². The molecule has 0 aromatic heterocycles. The fraction of sp³-hybridized carbons (Fsp3) is 0.571. The molecule has 19 heavy (non-hydrogen) atoms. The molecular formula is C14H19F3N2. The van der Waals surface area contributed by atoms with Crippen molar-refractivity contribution in [3.8, 4) is 0 Å². The van der Waals surface area contributed by atoms with E-state index in [0.717, 1.165) is 12.5 Å². The van der Waals surface area contributed by atoms with Gasteiger partial charge in [-0.05, 0) is 24.8 Å². The van der Waals surface area contributed by atoms with Gasteiger partial charge >= 0.3 is 0 Å². The molecule has 0 heterocycles. The van der Waals surface area contributed by atoms with Crippen LogP contribution in [0.3, 0.4) is 0 Å². The van der Waals surface area contributed by atoms with E-state index in [9.17, 15) is 13.2 Å². The number of benzene rings is 1. The second-order valence-electron chi connectivity index (χ2n) is 5.21. The number of halogens is 3. The highest BCUT2D eigenvalue weighted by atomic mass is 19.2. The molecule has 1 aromatic rings. The van der Waals surface area contributed by atoms with Crippen LogP contribution in [-0.4, -0.2) is 0 Å². The lowest BCUT2D eigenvalue weighted by molar-refractivity contribution is 0.390. The molecule has 0 saturated heterocycles. The maximum absolute atomic E-state index is 13.7. The molecule has 2 nitrogen and oxygen atoms in total. The largest absolute Gasteiger partial charge is 0.271 e. The minimum atomic E-state index is -1.43. The van der Waals surface area contributed by atoms with Gasteiger partial charge in [-0.25, -0.2) is 13.2 Å². The Morgan fingerprint density at radius 2 is 1.84 bits per heavy atom. The predicted octanol–water partition coefficient (Wildman–Crippen LogP) is 3.58. The first kappa shape index (κ1) is 14.3. The van der Waals surface area contributed by atoms with Crippen molar-refractivity contribution in [1.82, 2.24) is 5.43 Å². The van der Waals surface area contributed by atoms with Crippen molar-refractivity contribution in [3.05, 3.63) is 35.1 Å². The minimum absolute atomic E-state index is 0.0967. The zero-order chi connectivity index (χ0) is 13.8. The zero-order valence-electron chi connectivity index (χ0n) is 10.8. The lowest BCUT2D eigenvalue weighted by atomic mass is 9.95. The highest BCUT2D eigenvalue weighted by Crippen LogP contribution is 2.32. The minimum Gasteiger partial charge on any atom is -0.271 e. The van der Waals surface area contributed by atoms with Crippen molar-refractivity contribution in [2.45, 2.75) is 44.6 Å². The summed E-state index contributed by atoms with van der Waals surface area (Å²) in [6, 6.07) is 1.72. The molecule has 0 aliphatic heterocycles. The highest BCUT2D eigenvalue weighted by Gasteiger charge is 2.22. The molecule has 1 aliphatic carbocycles. The van der Waals surface area contributed by atoms with Gasteiger partial charge in [0.05, 0.1) is 0 Å². The molecule has 1 atom stereocenters. The smallest absolute Gasteiger partial charge is 0.194 e. The van der Waals surface area contributed by atoms with E-state index in [1.807, 2.05) is 0 Å². The van der Waals surface area contributed by atoms with E-state index in [1.54, 1.807) is 0 Å². The van der Waals surface area contributed by atoms with Crippen LogP contribution in [0.5, 0.6) is 0 Å². The molecule has 0 bridgehead atoms. The zero-order valence-corrected chi connectivity index (χ0v) is 10.8. The third-order valence-corrected chi connectivity index (χ3v) is 3.98. The number of rotatable bonds is 5. The van der Waals surface area contributed by atoms with Gasteiger partial charge in [0.2, 0.25) is 0 Å². The summed E-state index contributed by atoms with van der Waals surface area (Å²) in [6.07, 6.45) is 6.42. The van der Waals surface area contributed by atoms with Gasteiger partial charge in [-0.2, -0.15) is 0 Å². The second kappa shape index (κ2) is 6.39. The third kappa shape index (κ3) is 3.28. The summed E-state index contributed by atoms with van der Waals surface area (Å²) in [4.78, 5) is 0. The first-order valence-electron chi connectivity index (χ1n) is 6.73. The SMILES string of the molecule is NNC(CCC1CCCC1)c1ccc(F)c(F)c1F. The van der Waals surface area contributed by atoms with Crippen molar-refractivity contribution >= 4 is 0 Å². The van der Waals surface area contributed by atoms with E-state index in [0.29, 0.717) is 12.3 Å². The summed E-state index contributed by atoms with van der Waals surface area (Å²) in [6.45, 7) is 0. The Morgan fingerprint density at radius 3 is 2.47 bits per heavy atom. The Morgan fingerprint density at radius 1 is 1.16 bits per heavy atom. The van der Waals surface area contributed by atoms with Crippen LogP contribution in [0.1, 0.15) is 50.1 Å². The molecule has 1 aliphatic rings. The van der Waals surface area contributed by atoms with E-state index >= 15 is 0 Å². The lowest BCUT2D eigenvalue weighted by Gasteiger charge is -2.19. The number of hydrogen-bond acceptors (Lipinski definition) is 2. The van der Waals surface area contributed by atoms with Gasteiger partial charge in [0.25, 0.3) is 0 Å². The van der Waals surface area contributed by atoms with Crippen LogP contribution in [0.2, 0.25) is 0 Å². The first-order chi connectivity index (χ1) is 9.13. The summed E-state index contributed by atoms with van der Waals surface area (Å²) in [5, 5.41) is 0. The molecule has 0 amide bonds. The predicted molar refractivity (Wildman–Crippen MR) is 67.6 cm³/mol. The maximum Gasteiger partial charge on any atom is 0.194 e. The molecule has 0 radical (unpaired) electrons. The number of hydrogen-bond donors (Lipinski definition) is 2. The van der Waals surface area contributed by atoms with E-state index in [1.165, 1.54) is 31.7 Å². The van der Waals surface area contributed by atoms with E-state index < -0.39 is 23.5 Å². The standard InChI is InChI=1S/C14H19F3N2/c15-11-7-6-10(13(16)14(11)17)12(19-18)8-5-9-3-1-2-4-9/h6-7,9,12,19H,1-5,8,18H2. The monoisotopic (exact) mass is 272 g/mol. The first-order valence-corrected chi connectivity index (χ1v) is 6.73. The molecule has 0 spiro atoms. The van der Waals surface area contributed by atoms with Crippen molar-refractivity contribution in [3.63, 3.8) is 0 Å². The van der Waals surface area contributed by atoms with Crippen LogP contribution in [0.4, 0.5) is 13.2 Å². The van der Waals surface area contributed by atoms with Crippen molar-refractivity contribution in [2.24, 2.45) is 11.8 Å². The van der Waals surface area contributed by atoms with Crippen molar-refractivity contribution in [1.29, 1.82) is 0 Å². The fourth-order valence-corrected chi connectivity index (χ4v) is 2.84. The van der Waals surface area contributed by atoms with E-state index in [-0.39, 0.29) is 5.56 Å². The molecule has 106 valence electrons. The number of nitrogens with two attached hydrogens (primary N) is 1. The summed E-state index contributed by atoms with van der Waals surface area (Å²) in [5.41, 5.74) is 2.60. The molecular weight excluding hydrogens is 253 g/mol. The summed E-state index contributed by atoms with van der Waals surface area (Å²) < 4.78 is 39.8. The summed E-state index contributed by atoms with van der Waals surface area (Å²) in [7, 11) is 0. The quantitative estimate of drug-likeness (QED) is 0.488. The van der Waals surface area contributed by atoms with Gasteiger partial charge in [0.15, 0.2) is 17.5 Å². The normalized spacial score (nSPS) is 17.9. The Labute approximate surface area is 111 Å². The molecule has 1 saturated carbocycles. The molecule has 3 N–H and O–H groups in total. The molecule has 1 aromatic carbocycles. The fourth-order valence-electron chi connectivity index (χ4n) is 2.84. The van der Waals surface area contributed by atoms with Crippen molar-refractivity contribution < 1.29 is 13.2 Å². The van der Waals surface area contributed by atoms with Crippen molar-refractivity contribution in [2.75, 3.05) is 0 Å². The maximum atomic E-state index is 13.7. The van der Waals surface area contributed by atoms with Crippen LogP contribution < -0.4 is 11.3 Å². The van der Waals surface area contributed by atoms with Gasteiger partial charge in [-0.1, -0.05) is 31.7 Å². The molecule has 1 unspecified atom stereocenters. The van der Waals surface area contributed by atoms with Crippen LogP contribution in [0.15, 0.2) is 12.1 Å². The second-order valence-corrected chi connectivity index (χ2v) is 5.21. The Balaban J connectivity index is 2.06. The number of nitrogens with one attached hydrogen (secondary N) is 1. The average Bonchev–Trinajstić information content (AvgIpc) is 2.92.